The highest BCUT2D eigenvalue weighted by atomic mass is 35.5. The van der Waals surface area contributed by atoms with Gasteiger partial charge in [-0.05, 0) is 80.6 Å². The molecule has 0 aliphatic carbocycles. The molecule has 168 valence electrons. The van der Waals surface area contributed by atoms with Crippen LogP contribution in [0.3, 0.4) is 0 Å². The van der Waals surface area contributed by atoms with Crippen LogP contribution in [0.2, 0.25) is 5.02 Å². The number of hydrogen-bond donors (Lipinski definition) is 0. The zero-order chi connectivity index (χ0) is 23.4. The molecule has 1 heterocycles. The van der Waals surface area contributed by atoms with Gasteiger partial charge in [-0.1, -0.05) is 53.9 Å². The Morgan fingerprint density at radius 2 is 1.67 bits per heavy atom. The fourth-order valence-electron chi connectivity index (χ4n) is 3.32. The van der Waals surface area contributed by atoms with Crippen molar-refractivity contribution in [2.24, 2.45) is 4.99 Å². The molecule has 1 saturated heterocycles. The number of hydrogen-bond acceptors (Lipinski definition) is 4. The SMILES string of the molecule is CCCOc1ccc(Cl)cc1/C=C1\SC(=Nc2ccc(C)cc2)N(c2ccc(C)cc2)C1=O. The van der Waals surface area contributed by atoms with Crippen LogP contribution in [0.1, 0.15) is 30.0 Å². The van der Waals surface area contributed by atoms with Gasteiger partial charge in [-0.15, -0.1) is 0 Å². The number of anilines is 1. The van der Waals surface area contributed by atoms with E-state index in [9.17, 15) is 4.79 Å². The summed E-state index contributed by atoms with van der Waals surface area (Å²) in [4.78, 5) is 20.6. The van der Waals surface area contributed by atoms with Crippen molar-refractivity contribution in [3.63, 3.8) is 0 Å². The number of amidine groups is 1. The zero-order valence-electron chi connectivity index (χ0n) is 18.8. The van der Waals surface area contributed by atoms with Gasteiger partial charge in [0.2, 0.25) is 0 Å². The van der Waals surface area contributed by atoms with Crippen molar-refractivity contribution >= 4 is 51.9 Å². The van der Waals surface area contributed by atoms with Crippen LogP contribution in [0, 0.1) is 13.8 Å². The van der Waals surface area contributed by atoms with Crippen LogP contribution in [0.5, 0.6) is 5.75 Å². The van der Waals surface area contributed by atoms with Gasteiger partial charge in [-0.3, -0.25) is 9.69 Å². The van der Waals surface area contributed by atoms with Gasteiger partial charge in [0.15, 0.2) is 5.17 Å². The van der Waals surface area contributed by atoms with Crippen molar-refractivity contribution in [3.05, 3.63) is 93.3 Å². The number of nitrogens with zero attached hydrogens (tertiary/aromatic N) is 2. The number of thioether (sulfide) groups is 1. The third-order valence-corrected chi connectivity index (χ3v) is 6.28. The van der Waals surface area contributed by atoms with Gasteiger partial charge >= 0.3 is 0 Å². The topological polar surface area (TPSA) is 41.9 Å². The first-order valence-corrected chi connectivity index (χ1v) is 12.0. The number of aryl methyl sites for hydroxylation is 2. The molecule has 0 unspecified atom stereocenters. The molecular weight excluding hydrogens is 452 g/mol. The smallest absolute Gasteiger partial charge is 0.271 e. The second-order valence-corrected chi connectivity index (χ2v) is 9.29. The Hall–Kier alpha value is -3.02. The third-order valence-electron chi connectivity index (χ3n) is 5.08. The van der Waals surface area contributed by atoms with Crippen molar-refractivity contribution in [1.82, 2.24) is 0 Å². The lowest BCUT2D eigenvalue weighted by atomic mass is 10.1. The Morgan fingerprint density at radius 3 is 2.33 bits per heavy atom. The summed E-state index contributed by atoms with van der Waals surface area (Å²) in [6, 6.07) is 21.2. The highest BCUT2D eigenvalue weighted by molar-refractivity contribution is 8.19. The van der Waals surface area contributed by atoms with E-state index in [-0.39, 0.29) is 5.91 Å². The standard InChI is InChI=1S/C27H25ClN2O2S/c1-4-15-32-24-14-9-21(28)16-20(24)17-25-26(31)30(23-12-7-19(3)8-13-23)27(33-25)29-22-10-5-18(2)6-11-22/h5-14,16-17H,4,15H2,1-3H3/b25-17-,29-27?. The number of carbonyl (C=O) groups excluding carboxylic acids is 1. The van der Waals surface area contributed by atoms with Crippen molar-refractivity contribution in [2.45, 2.75) is 27.2 Å². The van der Waals surface area contributed by atoms with Crippen molar-refractivity contribution in [3.8, 4) is 5.75 Å². The number of carbonyl (C=O) groups is 1. The normalized spacial score (nSPS) is 16.1. The molecule has 0 saturated carbocycles. The molecule has 0 radical (unpaired) electrons. The van der Waals surface area contributed by atoms with Gasteiger partial charge in [-0.25, -0.2) is 4.99 Å². The third kappa shape index (κ3) is 5.49. The maximum atomic E-state index is 13.5. The van der Waals surface area contributed by atoms with Gasteiger partial charge in [0.25, 0.3) is 5.91 Å². The zero-order valence-corrected chi connectivity index (χ0v) is 20.4. The second-order valence-electron chi connectivity index (χ2n) is 7.85. The lowest BCUT2D eigenvalue weighted by molar-refractivity contribution is -0.113. The molecule has 3 aromatic rings. The summed E-state index contributed by atoms with van der Waals surface area (Å²) in [5.74, 6) is 0.573. The van der Waals surface area contributed by atoms with Crippen LogP contribution in [0.25, 0.3) is 6.08 Å². The summed E-state index contributed by atoms with van der Waals surface area (Å²) in [7, 11) is 0. The van der Waals surface area contributed by atoms with Crippen LogP contribution in [-0.2, 0) is 4.79 Å². The summed E-state index contributed by atoms with van der Waals surface area (Å²) in [6.07, 6.45) is 2.73. The molecule has 0 N–H and O–H groups in total. The van der Waals surface area contributed by atoms with Crippen LogP contribution >= 0.6 is 23.4 Å². The molecule has 1 aliphatic rings. The van der Waals surface area contributed by atoms with Crippen LogP contribution in [0.15, 0.2) is 76.6 Å². The summed E-state index contributed by atoms with van der Waals surface area (Å²) >= 11 is 7.60. The first kappa shape index (κ1) is 23.1. The summed E-state index contributed by atoms with van der Waals surface area (Å²) in [5, 5.41) is 1.20. The molecule has 33 heavy (non-hydrogen) atoms. The van der Waals surface area contributed by atoms with Crippen LogP contribution < -0.4 is 9.64 Å². The molecular formula is C27H25ClN2O2S. The van der Waals surface area contributed by atoms with Crippen molar-refractivity contribution in [1.29, 1.82) is 0 Å². The minimum absolute atomic E-state index is 0.129. The molecule has 3 aromatic carbocycles. The Labute approximate surface area is 203 Å². The van der Waals surface area contributed by atoms with Gasteiger partial charge in [-0.2, -0.15) is 0 Å². The minimum atomic E-state index is -0.129. The average Bonchev–Trinajstić information content (AvgIpc) is 3.10. The maximum Gasteiger partial charge on any atom is 0.271 e. The van der Waals surface area contributed by atoms with E-state index in [2.05, 4.69) is 6.92 Å². The van der Waals surface area contributed by atoms with Gasteiger partial charge in [0.05, 0.1) is 22.9 Å². The second kappa shape index (κ2) is 10.3. The minimum Gasteiger partial charge on any atom is -0.493 e. The lowest BCUT2D eigenvalue weighted by Crippen LogP contribution is -2.28. The highest BCUT2D eigenvalue weighted by Gasteiger charge is 2.35. The fourth-order valence-corrected chi connectivity index (χ4v) is 4.49. The number of benzene rings is 3. The van der Waals surface area contributed by atoms with Crippen molar-refractivity contribution < 1.29 is 9.53 Å². The lowest BCUT2D eigenvalue weighted by Gasteiger charge is -2.16. The molecule has 1 aliphatic heterocycles. The van der Waals surface area contributed by atoms with E-state index in [0.29, 0.717) is 27.5 Å². The molecule has 0 bridgehead atoms. The summed E-state index contributed by atoms with van der Waals surface area (Å²) < 4.78 is 5.88. The van der Waals surface area contributed by atoms with E-state index in [1.165, 1.54) is 11.8 Å². The quantitative estimate of drug-likeness (QED) is 0.345. The number of halogens is 1. The van der Waals surface area contributed by atoms with E-state index in [1.54, 1.807) is 11.0 Å². The molecule has 6 heteroatoms. The van der Waals surface area contributed by atoms with E-state index in [4.69, 9.17) is 21.3 Å². The number of ether oxygens (including phenoxy) is 1. The molecule has 4 nitrogen and oxygen atoms in total. The highest BCUT2D eigenvalue weighted by Crippen LogP contribution is 2.38. The summed E-state index contributed by atoms with van der Waals surface area (Å²) in [5.41, 5.74) is 4.63. The molecule has 0 aromatic heterocycles. The first-order chi connectivity index (χ1) is 15.9. The summed E-state index contributed by atoms with van der Waals surface area (Å²) in [6.45, 7) is 6.70. The number of rotatable bonds is 6. The Bertz CT molecular complexity index is 1220. The fraction of sp³-hybridized carbons (Fsp3) is 0.185. The molecule has 0 spiro atoms. The van der Waals surface area contributed by atoms with Gasteiger partial charge in [0, 0.05) is 10.6 Å². The van der Waals surface area contributed by atoms with Crippen LogP contribution in [-0.4, -0.2) is 17.7 Å². The molecule has 1 amide bonds. The Kier molecular flexibility index (Phi) is 7.21. The number of aliphatic imine (C=N–C) groups is 1. The number of amides is 1. The van der Waals surface area contributed by atoms with E-state index in [0.717, 1.165) is 34.5 Å². The molecule has 4 rings (SSSR count). The Morgan fingerprint density at radius 1 is 1.00 bits per heavy atom. The van der Waals surface area contributed by atoms with Crippen LogP contribution in [0.4, 0.5) is 11.4 Å². The van der Waals surface area contributed by atoms with Gasteiger partial charge in [0.1, 0.15) is 5.75 Å². The predicted molar refractivity (Wildman–Crippen MR) is 140 cm³/mol. The monoisotopic (exact) mass is 476 g/mol. The maximum absolute atomic E-state index is 13.5. The van der Waals surface area contributed by atoms with E-state index >= 15 is 0 Å². The van der Waals surface area contributed by atoms with E-state index < -0.39 is 0 Å². The van der Waals surface area contributed by atoms with E-state index in [1.807, 2.05) is 80.6 Å². The van der Waals surface area contributed by atoms with Gasteiger partial charge < -0.3 is 4.74 Å². The largest absolute Gasteiger partial charge is 0.493 e. The predicted octanol–water partition coefficient (Wildman–Crippen LogP) is 7.55. The molecule has 0 atom stereocenters. The Balaban J connectivity index is 1.77. The molecule has 1 fully saturated rings. The van der Waals surface area contributed by atoms with Crippen molar-refractivity contribution in [2.75, 3.05) is 11.5 Å². The average molecular weight is 477 g/mol. The first-order valence-electron chi connectivity index (χ1n) is 10.8.